The standard InChI is InChI=1S/C4H5N3.CH5N3.ClH/c5-4-6-2-1-3-7-4;2-1(3)4;/h1-3H,(H2,5,6,7);(H5,2,3,4);1H. The highest BCUT2D eigenvalue weighted by Gasteiger charge is 1.75. The third-order valence-electron chi connectivity index (χ3n) is 0.586. The first-order valence-electron chi connectivity index (χ1n) is 2.75. The zero-order valence-corrected chi connectivity index (χ0v) is 7.08. The van der Waals surface area contributed by atoms with Crippen molar-refractivity contribution < 1.29 is 0 Å². The molecule has 0 aromatic carbocycles. The maximum absolute atomic E-state index is 6.06. The van der Waals surface area contributed by atoms with Crippen LogP contribution in [0.4, 0.5) is 5.95 Å². The van der Waals surface area contributed by atoms with Gasteiger partial charge in [-0.2, -0.15) is 0 Å². The Morgan fingerprint density at radius 1 is 1.25 bits per heavy atom. The lowest BCUT2D eigenvalue weighted by Gasteiger charge is -1.82. The fraction of sp³-hybridized carbons (Fsp3) is 0. The summed E-state index contributed by atoms with van der Waals surface area (Å²) >= 11 is 0. The average molecular weight is 191 g/mol. The van der Waals surface area contributed by atoms with Crippen LogP contribution in [0.1, 0.15) is 0 Å². The average Bonchev–Trinajstić information content (AvgIpc) is 1.87. The SMILES string of the molecule is Cl.N=C(N)N.Nc1ncccn1. The van der Waals surface area contributed by atoms with Crippen LogP contribution in [-0.2, 0) is 0 Å². The second-order valence-corrected chi connectivity index (χ2v) is 1.56. The van der Waals surface area contributed by atoms with E-state index in [4.69, 9.17) is 11.1 Å². The molecule has 1 aromatic rings. The van der Waals surface area contributed by atoms with Crippen molar-refractivity contribution in [2.75, 3.05) is 5.73 Å². The largest absolute Gasteiger partial charge is 0.370 e. The van der Waals surface area contributed by atoms with Crippen molar-refractivity contribution in [2.45, 2.75) is 0 Å². The topological polar surface area (TPSA) is 128 Å². The Kier molecular flexibility index (Phi) is 8.21. The van der Waals surface area contributed by atoms with E-state index in [9.17, 15) is 0 Å². The van der Waals surface area contributed by atoms with Crippen LogP contribution in [0.2, 0.25) is 0 Å². The summed E-state index contributed by atoms with van der Waals surface area (Å²) < 4.78 is 0. The van der Waals surface area contributed by atoms with E-state index in [-0.39, 0.29) is 18.4 Å². The van der Waals surface area contributed by atoms with Crippen molar-refractivity contribution >= 4 is 24.3 Å². The van der Waals surface area contributed by atoms with E-state index in [1.54, 1.807) is 18.5 Å². The molecule has 0 saturated carbocycles. The van der Waals surface area contributed by atoms with Crippen LogP contribution in [0.15, 0.2) is 18.5 Å². The summed E-state index contributed by atoms with van der Waals surface area (Å²) in [6.45, 7) is 0. The molecule has 0 aliphatic heterocycles. The molecule has 7 N–H and O–H groups in total. The number of nitrogens with one attached hydrogen (secondary N) is 1. The van der Waals surface area contributed by atoms with Crippen LogP contribution in [0, 0.1) is 5.41 Å². The number of nitrogens with zero attached hydrogens (tertiary/aromatic N) is 2. The zero-order valence-electron chi connectivity index (χ0n) is 6.27. The molecule has 0 spiro atoms. The van der Waals surface area contributed by atoms with Gasteiger partial charge in [0.05, 0.1) is 0 Å². The normalized spacial score (nSPS) is 7.00. The maximum Gasteiger partial charge on any atom is 0.219 e. The molecule has 0 aliphatic rings. The molecule has 7 heteroatoms. The lowest BCUT2D eigenvalue weighted by atomic mass is 10.7. The van der Waals surface area contributed by atoms with Gasteiger partial charge in [0.15, 0.2) is 5.96 Å². The van der Waals surface area contributed by atoms with Crippen molar-refractivity contribution in [1.29, 1.82) is 5.41 Å². The monoisotopic (exact) mass is 190 g/mol. The number of guanidine groups is 1. The van der Waals surface area contributed by atoms with E-state index in [0.29, 0.717) is 5.95 Å². The Bertz CT molecular complexity index is 208. The summed E-state index contributed by atoms with van der Waals surface area (Å²) in [6.07, 6.45) is 3.20. The molecule has 1 heterocycles. The first kappa shape index (κ1) is 13.1. The van der Waals surface area contributed by atoms with E-state index in [0.717, 1.165) is 0 Å². The van der Waals surface area contributed by atoms with Crippen molar-refractivity contribution in [3.63, 3.8) is 0 Å². The second kappa shape index (κ2) is 7.55. The minimum atomic E-state index is -0.333. The predicted molar refractivity (Wildman–Crippen MR) is 49.8 cm³/mol. The van der Waals surface area contributed by atoms with E-state index >= 15 is 0 Å². The second-order valence-electron chi connectivity index (χ2n) is 1.56. The molecule has 0 unspecified atom stereocenters. The van der Waals surface area contributed by atoms with E-state index in [1.807, 2.05) is 0 Å². The van der Waals surface area contributed by atoms with Gasteiger partial charge in [-0.1, -0.05) is 0 Å². The van der Waals surface area contributed by atoms with Crippen molar-refractivity contribution in [3.05, 3.63) is 18.5 Å². The Morgan fingerprint density at radius 3 is 1.75 bits per heavy atom. The van der Waals surface area contributed by atoms with Crippen LogP contribution in [0.3, 0.4) is 0 Å². The van der Waals surface area contributed by atoms with Gasteiger partial charge < -0.3 is 17.2 Å². The van der Waals surface area contributed by atoms with Crippen LogP contribution in [0.25, 0.3) is 0 Å². The summed E-state index contributed by atoms with van der Waals surface area (Å²) in [5.74, 6) is -0.0116. The van der Waals surface area contributed by atoms with Crippen LogP contribution < -0.4 is 17.2 Å². The molecule has 0 bridgehead atoms. The Morgan fingerprint density at radius 2 is 1.58 bits per heavy atom. The number of nitrogens with two attached hydrogens (primary N) is 3. The molecule has 0 atom stereocenters. The molecular formula is C5H11ClN6. The Hall–Kier alpha value is -1.56. The summed E-state index contributed by atoms with van der Waals surface area (Å²) in [4.78, 5) is 7.29. The van der Waals surface area contributed by atoms with Gasteiger partial charge in [0, 0.05) is 12.4 Å². The lowest BCUT2D eigenvalue weighted by molar-refractivity contribution is 1.19. The molecule has 68 valence electrons. The molecular weight excluding hydrogens is 180 g/mol. The third kappa shape index (κ3) is 11.3. The number of rotatable bonds is 0. The van der Waals surface area contributed by atoms with Gasteiger partial charge >= 0.3 is 0 Å². The fourth-order valence-corrected chi connectivity index (χ4v) is 0.311. The van der Waals surface area contributed by atoms with Crippen LogP contribution in [-0.4, -0.2) is 15.9 Å². The van der Waals surface area contributed by atoms with Gasteiger partial charge in [-0.05, 0) is 6.07 Å². The highest BCUT2D eigenvalue weighted by Crippen LogP contribution is 1.81. The van der Waals surface area contributed by atoms with E-state index in [1.165, 1.54) is 0 Å². The van der Waals surface area contributed by atoms with Gasteiger partial charge in [0.2, 0.25) is 5.95 Å². The number of hydrogen-bond acceptors (Lipinski definition) is 4. The fourth-order valence-electron chi connectivity index (χ4n) is 0.311. The Balaban J connectivity index is 0. The highest BCUT2D eigenvalue weighted by atomic mass is 35.5. The van der Waals surface area contributed by atoms with Gasteiger partial charge in [0.25, 0.3) is 0 Å². The zero-order chi connectivity index (χ0) is 8.69. The molecule has 12 heavy (non-hydrogen) atoms. The number of aromatic nitrogens is 2. The molecule has 0 aliphatic carbocycles. The summed E-state index contributed by atoms with van der Waals surface area (Å²) in [5.41, 5.74) is 14.1. The summed E-state index contributed by atoms with van der Waals surface area (Å²) in [6, 6.07) is 1.72. The maximum atomic E-state index is 6.06. The molecule has 0 saturated heterocycles. The van der Waals surface area contributed by atoms with Crippen LogP contribution >= 0.6 is 12.4 Å². The molecule has 0 amide bonds. The lowest BCUT2D eigenvalue weighted by Crippen LogP contribution is -2.20. The van der Waals surface area contributed by atoms with Crippen LogP contribution in [0.5, 0.6) is 0 Å². The van der Waals surface area contributed by atoms with Crippen molar-refractivity contribution in [3.8, 4) is 0 Å². The van der Waals surface area contributed by atoms with Crippen molar-refractivity contribution in [1.82, 2.24) is 9.97 Å². The molecule has 1 rings (SSSR count). The number of hydrogen-bond donors (Lipinski definition) is 4. The Labute approximate surface area is 76.1 Å². The van der Waals surface area contributed by atoms with Crippen molar-refractivity contribution in [2.24, 2.45) is 11.5 Å². The first-order valence-corrected chi connectivity index (χ1v) is 2.75. The summed E-state index contributed by atoms with van der Waals surface area (Å²) in [7, 11) is 0. The van der Waals surface area contributed by atoms with Gasteiger partial charge in [-0.25, -0.2) is 9.97 Å². The molecule has 1 aromatic heterocycles. The third-order valence-corrected chi connectivity index (χ3v) is 0.586. The molecule has 6 nitrogen and oxygen atoms in total. The minimum Gasteiger partial charge on any atom is -0.370 e. The van der Waals surface area contributed by atoms with E-state index < -0.39 is 0 Å². The molecule has 0 radical (unpaired) electrons. The quantitative estimate of drug-likeness (QED) is 0.318. The smallest absolute Gasteiger partial charge is 0.219 e. The van der Waals surface area contributed by atoms with Gasteiger partial charge in [-0.15, -0.1) is 12.4 Å². The number of nitrogen functional groups attached to an aromatic ring is 1. The summed E-state index contributed by atoms with van der Waals surface area (Å²) in [5, 5.41) is 6.06. The molecule has 0 fully saturated rings. The predicted octanol–water partition coefficient (Wildman–Crippen LogP) is -0.681. The van der Waals surface area contributed by atoms with E-state index in [2.05, 4.69) is 21.4 Å². The minimum absolute atomic E-state index is 0. The van der Waals surface area contributed by atoms with Gasteiger partial charge in [0.1, 0.15) is 0 Å². The first-order chi connectivity index (χ1) is 5.13. The number of halogens is 1. The highest BCUT2D eigenvalue weighted by molar-refractivity contribution is 5.85. The number of anilines is 1. The van der Waals surface area contributed by atoms with Gasteiger partial charge in [-0.3, -0.25) is 5.41 Å².